The number of hydrogen-bond acceptors (Lipinski definition) is 2. The van der Waals surface area contributed by atoms with Gasteiger partial charge in [-0.3, -0.25) is 4.79 Å². The molecule has 4 heteroatoms. The molecular weight excluding hydrogens is 298 g/mol. The van der Waals surface area contributed by atoms with Crippen molar-refractivity contribution in [3.05, 3.63) is 66.4 Å². The predicted octanol–water partition coefficient (Wildman–Crippen LogP) is 3.06. The zero-order valence-corrected chi connectivity index (χ0v) is 13.6. The first-order chi connectivity index (χ1) is 11.8. The molecule has 3 aromatic rings. The molecule has 0 saturated carbocycles. The van der Waals surface area contributed by atoms with Gasteiger partial charge in [0.05, 0.1) is 6.42 Å². The highest BCUT2D eigenvalue weighted by Gasteiger charge is 2.22. The largest absolute Gasteiger partial charge is 0.367 e. The summed E-state index contributed by atoms with van der Waals surface area (Å²) in [5, 5.41) is 1.25. The zero-order valence-electron chi connectivity index (χ0n) is 13.6. The summed E-state index contributed by atoms with van der Waals surface area (Å²) >= 11 is 0. The van der Waals surface area contributed by atoms with Crippen LogP contribution < -0.4 is 4.90 Å². The van der Waals surface area contributed by atoms with Crippen LogP contribution in [0.5, 0.6) is 0 Å². The first-order valence-electron chi connectivity index (χ1n) is 8.44. The highest BCUT2D eigenvalue weighted by Crippen LogP contribution is 2.27. The van der Waals surface area contributed by atoms with Gasteiger partial charge >= 0.3 is 0 Å². The molecule has 0 unspecified atom stereocenters. The predicted molar refractivity (Wildman–Crippen MR) is 97.2 cm³/mol. The molecule has 2 heterocycles. The number of aromatic nitrogens is 1. The summed E-state index contributed by atoms with van der Waals surface area (Å²) in [6.45, 7) is 3.33. The molecule has 1 saturated heterocycles. The Morgan fingerprint density at radius 2 is 1.71 bits per heavy atom. The smallest absolute Gasteiger partial charge is 0.227 e. The molecule has 1 fully saturated rings. The van der Waals surface area contributed by atoms with Crippen LogP contribution in [-0.2, 0) is 11.2 Å². The standard InChI is InChI=1S/C20H21N3O/c24-20(15-16-5-2-1-3-6-16)23-13-11-22(12-14-23)19-8-4-7-18-17(19)9-10-21-18/h1-10,21H,11-15H2. The number of piperazine rings is 1. The van der Waals surface area contributed by atoms with E-state index in [-0.39, 0.29) is 5.91 Å². The molecule has 0 spiro atoms. The minimum Gasteiger partial charge on any atom is -0.367 e. The van der Waals surface area contributed by atoms with Gasteiger partial charge in [-0.2, -0.15) is 0 Å². The van der Waals surface area contributed by atoms with E-state index in [1.165, 1.54) is 11.1 Å². The van der Waals surface area contributed by atoms with Gasteiger partial charge in [-0.1, -0.05) is 36.4 Å². The average molecular weight is 319 g/mol. The number of amides is 1. The fraction of sp³-hybridized carbons (Fsp3) is 0.250. The molecule has 4 rings (SSSR count). The third-order valence-corrected chi connectivity index (χ3v) is 4.74. The van der Waals surface area contributed by atoms with E-state index in [9.17, 15) is 4.79 Å². The Kier molecular flexibility index (Phi) is 3.95. The molecule has 1 aromatic heterocycles. The molecule has 2 aromatic carbocycles. The Balaban J connectivity index is 1.41. The molecule has 122 valence electrons. The fourth-order valence-electron chi connectivity index (χ4n) is 3.42. The number of hydrogen-bond donors (Lipinski definition) is 1. The average Bonchev–Trinajstić information content (AvgIpc) is 3.11. The summed E-state index contributed by atoms with van der Waals surface area (Å²) < 4.78 is 0. The van der Waals surface area contributed by atoms with E-state index in [1.807, 2.05) is 41.4 Å². The third kappa shape index (κ3) is 2.87. The molecular formula is C20H21N3O. The van der Waals surface area contributed by atoms with Crippen molar-refractivity contribution in [1.29, 1.82) is 0 Å². The summed E-state index contributed by atoms with van der Waals surface area (Å²) in [4.78, 5) is 20.1. The molecule has 0 bridgehead atoms. The molecule has 0 aliphatic carbocycles. The Hall–Kier alpha value is -2.75. The van der Waals surface area contributed by atoms with Crippen LogP contribution in [0.4, 0.5) is 5.69 Å². The van der Waals surface area contributed by atoms with Gasteiger partial charge in [-0.15, -0.1) is 0 Å². The second kappa shape index (κ2) is 6.40. The SMILES string of the molecule is O=C(Cc1ccccc1)N1CCN(c2cccc3[nH]ccc23)CC1. The Bertz CT molecular complexity index is 832. The summed E-state index contributed by atoms with van der Waals surface area (Å²) in [6.07, 6.45) is 2.47. The van der Waals surface area contributed by atoms with E-state index in [1.54, 1.807) is 0 Å². The van der Waals surface area contributed by atoms with Gasteiger partial charge in [0, 0.05) is 49.0 Å². The highest BCUT2D eigenvalue weighted by molar-refractivity contribution is 5.92. The number of aromatic amines is 1. The van der Waals surface area contributed by atoms with Crippen LogP contribution >= 0.6 is 0 Å². The number of nitrogens with one attached hydrogen (secondary N) is 1. The van der Waals surface area contributed by atoms with Crippen molar-refractivity contribution < 1.29 is 4.79 Å². The van der Waals surface area contributed by atoms with E-state index < -0.39 is 0 Å². The second-order valence-corrected chi connectivity index (χ2v) is 6.25. The van der Waals surface area contributed by atoms with Crippen LogP contribution in [-0.4, -0.2) is 42.0 Å². The molecule has 0 atom stereocenters. The molecule has 24 heavy (non-hydrogen) atoms. The maximum absolute atomic E-state index is 12.5. The van der Waals surface area contributed by atoms with Gasteiger partial charge in [0.1, 0.15) is 0 Å². The minimum atomic E-state index is 0.223. The molecule has 1 aliphatic heterocycles. The van der Waals surface area contributed by atoms with Gasteiger partial charge in [-0.25, -0.2) is 0 Å². The number of carbonyl (C=O) groups is 1. The van der Waals surface area contributed by atoms with Crippen LogP contribution in [0.3, 0.4) is 0 Å². The van der Waals surface area contributed by atoms with Crippen molar-refractivity contribution in [3.8, 4) is 0 Å². The number of benzene rings is 2. The van der Waals surface area contributed by atoms with Gasteiger partial charge in [0.2, 0.25) is 5.91 Å². The van der Waals surface area contributed by atoms with Crippen molar-refractivity contribution >= 4 is 22.5 Å². The third-order valence-electron chi connectivity index (χ3n) is 4.74. The lowest BCUT2D eigenvalue weighted by Crippen LogP contribution is -2.49. The maximum atomic E-state index is 12.5. The lowest BCUT2D eigenvalue weighted by atomic mass is 10.1. The molecule has 1 N–H and O–H groups in total. The summed E-state index contributed by atoms with van der Waals surface area (Å²) in [6, 6.07) is 18.4. The number of nitrogens with zero attached hydrogens (tertiary/aromatic N) is 2. The monoisotopic (exact) mass is 319 g/mol. The second-order valence-electron chi connectivity index (χ2n) is 6.25. The van der Waals surface area contributed by atoms with Crippen molar-refractivity contribution in [2.45, 2.75) is 6.42 Å². The summed E-state index contributed by atoms with van der Waals surface area (Å²) in [5.41, 5.74) is 3.50. The van der Waals surface area contributed by atoms with E-state index in [0.717, 1.165) is 37.3 Å². The van der Waals surface area contributed by atoms with Crippen LogP contribution in [0.2, 0.25) is 0 Å². The van der Waals surface area contributed by atoms with Crippen LogP contribution in [0.25, 0.3) is 10.9 Å². The van der Waals surface area contributed by atoms with Crippen molar-refractivity contribution in [2.24, 2.45) is 0 Å². The van der Waals surface area contributed by atoms with Crippen LogP contribution in [0.15, 0.2) is 60.8 Å². The molecule has 1 amide bonds. The number of carbonyl (C=O) groups excluding carboxylic acids is 1. The number of fused-ring (bicyclic) bond motifs is 1. The van der Waals surface area contributed by atoms with Gasteiger partial charge in [0.25, 0.3) is 0 Å². The summed E-state index contributed by atoms with van der Waals surface area (Å²) in [5.74, 6) is 0.223. The number of rotatable bonds is 3. The van der Waals surface area contributed by atoms with E-state index in [0.29, 0.717) is 6.42 Å². The van der Waals surface area contributed by atoms with Crippen LogP contribution in [0.1, 0.15) is 5.56 Å². The number of anilines is 1. The van der Waals surface area contributed by atoms with Crippen molar-refractivity contribution in [1.82, 2.24) is 9.88 Å². The Labute approximate surface area is 141 Å². The minimum absolute atomic E-state index is 0.223. The number of H-pyrrole nitrogens is 1. The van der Waals surface area contributed by atoms with E-state index >= 15 is 0 Å². The molecule has 0 radical (unpaired) electrons. The summed E-state index contributed by atoms with van der Waals surface area (Å²) in [7, 11) is 0. The molecule has 4 nitrogen and oxygen atoms in total. The normalized spacial score (nSPS) is 15.0. The molecule has 1 aliphatic rings. The van der Waals surface area contributed by atoms with Gasteiger partial charge < -0.3 is 14.8 Å². The highest BCUT2D eigenvalue weighted by atomic mass is 16.2. The Morgan fingerprint density at radius 1 is 0.917 bits per heavy atom. The van der Waals surface area contributed by atoms with Gasteiger partial charge in [0.15, 0.2) is 0 Å². The lowest BCUT2D eigenvalue weighted by molar-refractivity contribution is -0.130. The van der Waals surface area contributed by atoms with Crippen molar-refractivity contribution in [2.75, 3.05) is 31.1 Å². The Morgan fingerprint density at radius 3 is 2.50 bits per heavy atom. The zero-order chi connectivity index (χ0) is 16.4. The first-order valence-corrected chi connectivity index (χ1v) is 8.44. The maximum Gasteiger partial charge on any atom is 0.227 e. The lowest BCUT2D eigenvalue weighted by Gasteiger charge is -2.36. The van der Waals surface area contributed by atoms with Crippen LogP contribution in [0, 0.1) is 0 Å². The van der Waals surface area contributed by atoms with E-state index in [4.69, 9.17) is 0 Å². The topological polar surface area (TPSA) is 39.3 Å². The van der Waals surface area contributed by atoms with Crippen molar-refractivity contribution in [3.63, 3.8) is 0 Å². The quantitative estimate of drug-likeness (QED) is 0.806. The fourth-order valence-corrected chi connectivity index (χ4v) is 3.42. The first kappa shape index (κ1) is 14.8. The van der Waals surface area contributed by atoms with Gasteiger partial charge in [-0.05, 0) is 23.8 Å². The van der Waals surface area contributed by atoms with E-state index in [2.05, 4.69) is 34.1 Å².